The van der Waals surface area contributed by atoms with Crippen molar-refractivity contribution in [3.8, 4) is 0 Å². The van der Waals surface area contributed by atoms with Gasteiger partial charge in [0.05, 0.1) is 11.1 Å². The third-order valence-electron chi connectivity index (χ3n) is 4.74. The van der Waals surface area contributed by atoms with E-state index in [2.05, 4.69) is 17.3 Å². The van der Waals surface area contributed by atoms with E-state index in [0.717, 1.165) is 58.5 Å². The molecule has 4 heteroatoms. The van der Waals surface area contributed by atoms with Gasteiger partial charge in [-0.3, -0.25) is 9.78 Å². The minimum atomic E-state index is -0.0595. The molecule has 0 atom stereocenters. The Kier molecular flexibility index (Phi) is 3.98. The van der Waals surface area contributed by atoms with Crippen LogP contribution >= 0.6 is 0 Å². The summed E-state index contributed by atoms with van der Waals surface area (Å²) in [5.41, 5.74) is 5.70. The first-order valence-corrected chi connectivity index (χ1v) is 8.59. The standard InChI is InChI=1S/C21H21N3O/c1-14-6-5-7-15(12-14)22-21(25)20-16-8-3-4-9-18(16)23-19-10-11-24(2)13-17(19)20/h3-9,12H,10-11,13H2,1-2H3,(H,22,25). The normalized spacial score (nSPS) is 14.3. The van der Waals surface area contributed by atoms with Crippen molar-refractivity contribution in [3.05, 3.63) is 70.9 Å². The number of carbonyl (C=O) groups is 1. The molecule has 126 valence electrons. The Morgan fingerprint density at radius 3 is 2.84 bits per heavy atom. The Balaban J connectivity index is 1.84. The molecule has 4 nitrogen and oxygen atoms in total. The van der Waals surface area contributed by atoms with Crippen LogP contribution in [0.4, 0.5) is 5.69 Å². The molecule has 0 spiro atoms. The van der Waals surface area contributed by atoms with Crippen LogP contribution in [0.3, 0.4) is 0 Å². The number of hydrogen-bond donors (Lipinski definition) is 1. The first-order chi connectivity index (χ1) is 12.1. The van der Waals surface area contributed by atoms with Gasteiger partial charge in [0.2, 0.25) is 0 Å². The number of hydrogen-bond acceptors (Lipinski definition) is 3. The van der Waals surface area contributed by atoms with Crippen molar-refractivity contribution in [1.29, 1.82) is 0 Å². The van der Waals surface area contributed by atoms with Crippen molar-refractivity contribution in [3.63, 3.8) is 0 Å². The van der Waals surface area contributed by atoms with Gasteiger partial charge in [0.15, 0.2) is 0 Å². The zero-order chi connectivity index (χ0) is 17.4. The van der Waals surface area contributed by atoms with Crippen LogP contribution in [0.25, 0.3) is 10.9 Å². The fourth-order valence-corrected chi connectivity index (χ4v) is 3.50. The lowest BCUT2D eigenvalue weighted by molar-refractivity contribution is 0.102. The van der Waals surface area contributed by atoms with Gasteiger partial charge in [-0.1, -0.05) is 30.3 Å². The molecule has 1 aliphatic heterocycles. The molecule has 1 aromatic heterocycles. The maximum atomic E-state index is 13.2. The van der Waals surface area contributed by atoms with E-state index in [0.29, 0.717) is 0 Å². The van der Waals surface area contributed by atoms with Crippen LogP contribution in [0.15, 0.2) is 48.5 Å². The topological polar surface area (TPSA) is 45.2 Å². The van der Waals surface area contributed by atoms with Crippen LogP contribution in [0.2, 0.25) is 0 Å². The maximum absolute atomic E-state index is 13.2. The van der Waals surface area contributed by atoms with Gasteiger partial charge in [0.25, 0.3) is 5.91 Å². The van der Waals surface area contributed by atoms with Crippen LogP contribution in [-0.4, -0.2) is 29.4 Å². The average Bonchev–Trinajstić information content (AvgIpc) is 2.59. The lowest BCUT2D eigenvalue weighted by atomic mass is 9.95. The number of nitrogens with one attached hydrogen (secondary N) is 1. The lowest BCUT2D eigenvalue weighted by Crippen LogP contribution is -2.30. The Bertz CT molecular complexity index is 965. The summed E-state index contributed by atoms with van der Waals surface area (Å²) in [6.45, 7) is 3.75. The average molecular weight is 331 g/mol. The summed E-state index contributed by atoms with van der Waals surface area (Å²) in [5, 5.41) is 3.99. The number of fused-ring (bicyclic) bond motifs is 2. The second kappa shape index (κ2) is 6.30. The number of nitrogens with zero attached hydrogens (tertiary/aromatic N) is 2. The van der Waals surface area contributed by atoms with Crippen molar-refractivity contribution in [2.45, 2.75) is 19.9 Å². The van der Waals surface area contributed by atoms with Gasteiger partial charge in [-0.05, 0) is 37.7 Å². The number of amides is 1. The first-order valence-electron chi connectivity index (χ1n) is 8.59. The maximum Gasteiger partial charge on any atom is 0.256 e. The number of aryl methyl sites for hydroxylation is 1. The number of pyridine rings is 1. The highest BCUT2D eigenvalue weighted by atomic mass is 16.1. The number of aromatic nitrogens is 1. The Labute approximate surface area is 147 Å². The van der Waals surface area contributed by atoms with Gasteiger partial charge in [-0.2, -0.15) is 0 Å². The zero-order valence-corrected chi connectivity index (χ0v) is 14.5. The molecule has 25 heavy (non-hydrogen) atoms. The molecule has 0 radical (unpaired) electrons. The van der Waals surface area contributed by atoms with Crippen molar-refractivity contribution < 1.29 is 4.79 Å². The number of para-hydroxylation sites is 1. The quantitative estimate of drug-likeness (QED) is 0.777. The molecule has 0 saturated carbocycles. The summed E-state index contributed by atoms with van der Waals surface area (Å²) in [4.78, 5) is 20.2. The molecule has 2 aromatic carbocycles. The van der Waals surface area contributed by atoms with E-state index in [1.54, 1.807) is 0 Å². The van der Waals surface area contributed by atoms with Crippen LogP contribution in [0.1, 0.15) is 27.2 Å². The highest BCUT2D eigenvalue weighted by Crippen LogP contribution is 2.28. The van der Waals surface area contributed by atoms with Crippen LogP contribution in [0.5, 0.6) is 0 Å². The van der Waals surface area contributed by atoms with Gasteiger partial charge < -0.3 is 10.2 Å². The minimum absolute atomic E-state index is 0.0595. The molecular formula is C21H21N3O. The molecule has 2 heterocycles. The second-order valence-electron chi connectivity index (χ2n) is 6.74. The monoisotopic (exact) mass is 331 g/mol. The van der Waals surface area contributed by atoms with Crippen molar-refractivity contribution >= 4 is 22.5 Å². The molecule has 0 aliphatic carbocycles. The smallest absolute Gasteiger partial charge is 0.256 e. The van der Waals surface area contributed by atoms with Crippen molar-refractivity contribution in [2.75, 3.05) is 18.9 Å². The summed E-state index contributed by atoms with van der Waals surface area (Å²) in [6.07, 6.45) is 0.876. The van der Waals surface area contributed by atoms with E-state index >= 15 is 0 Å². The molecule has 1 aliphatic rings. The SMILES string of the molecule is Cc1cccc(NC(=O)c2c3c(nc4ccccc24)CCN(C)C3)c1. The Hall–Kier alpha value is -2.72. The first kappa shape index (κ1) is 15.8. The van der Waals surface area contributed by atoms with E-state index in [1.807, 2.05) is 55.5 Å². The second-order valence-corrected chi connectivity index (χ2v) is 6.74. The fourth-order valence-electron chi connectivity index (χ4n) is 3.50. The molecule has 0 bridgehead atoms. The predicted molar refractivity (Wildman–Crippen MR) is 101 cm³/mol. The molecular weight excluding hydrogens is 310 g/mol. The van der Waals surface area contributed by atoms with Gasteiger partial charge in [-0.25, -0.2) is 0 Å². The van der Waals surface area contributed by atoms with Crippen LogP contribution < -0.4 is 5.32 Å². The van der Waals surface area contributed by atoms with Gasteiger partial charge >= 0.3 is 0 Å². The number of rotatable bonds is 2. The zero-order valence-electron chi connectivity index (χ0n) is 14.5. The summed E-state index contributed by atoms with van der Waals surface area (Å²) in [5.74, 6) is -0.0595. The van der Waals surface area contributed by atoms with Gasteiger partial charge in [0.1, 0.15) is 0 Å². The summed E-state index contributed by atoms with van der Waals surface area (Å²) in [7, 11) is 2.08. The third-order valence-corrected chi connectivity index (χ3v) is 4.74. The minimum Gasteiger partial charge on any atom is -0.322 e. The molecule has 4 rings (SSSR count). The van der Waals surface area contributed by atoms with E-state index in [4.69, 9.17) is 4.98 Å². The van der Waals surface area contributed by atoms with E-state index < -0.39 is 0 Å². The number of likely N-dealkylation sites (N-methyl/N-ethyl adjacent to an activating group) is 1. The fraction of sp³-hybridized carbons (Fsp3) is 0.238. The van der Waals surface area contributed by atoms with E-state index in [1.165, 1.54) is 0 Å². The summed E-state index contributed by atoms with van der Waals surface area (Å²) in [6, 6.07) is 15.8. The number of carbonyl (C=O) groups excluding carboxylic acids is 1. The summed E-state index contributed by atoms with van der Waals surface area (Å²) < 4.78 is 0. The molecule has 0 unspecified atom stereocenters. The van der Waals surface area contributed by atoms with E-state index in [9.17, 15) is 4.79 Å². The largest absolute Gasteiger partial charge is 0.322 e. The van der Waals surface area contributed by atoms with Crippen molar-refractivity contribution in [1.82, 2.24) is 9.88 Å². The van der Waals surface area contributed by atoms with Crippen LogP contribution in [-0.2, 0) is 13.0 Å². The summed E-state index contributed by atoms with van der Waals surface area (Å²) >= 11 is 0. The lowest BCUT2D eigenvalue weighted by Gasteiger charge is -2.27. The van der Waals surface area contributed by atoms with E-state index in [-0.39, 0.29) is 5.91 Å². The molecule has 0 saturated heterocycles. The van der Waals surface area contributed by atoms with Crippen molar-refractivity contribution in [2.24, 2.45) is 0 Å². The molecule has 1 N–H and O–H groups in total. The molecule has 3 aromatic rings. The highest BCUT2D eigenvalue weighted by molar-refractivity contribution is 6.13. The molecule has 0 fully saturated rings. The number of benzene rings is 2. The highest BCUT2D eigenvalue weighted by Gasteiger charge is 2.24. The predicted octanol–water partition coefficient (Wildman–Crippen LogP) is 3.78. The Morgan fingerprint density at radius 1 is 1.16 bits per heavy atom. The Morgan fingerprint density at radius 2 is 2.00 bits per heavy atom. The third kappa shape index (κ3) is 3.01. The van der Waals surface area contributed by atoms with Gasteiger partial charge in [-0.15, -0.1) is 0 Å². The van der Waals surface area contributed by atoms with Crippen LogP contribution in [0, 0.1) is 6.92 Å². The number of anilines is 1. The van der Waals surface area contributed by atoms with Gasteiger partial charge in [0, 0.05) is 41.8 Å². The molecule has 1 amide bonds.